The van der Waals surface area contributed by atoms with Gasteiger partial charge in [0.15, 0.2) is 5.96 Å². The van der Waals surface area contributed by atoms with Crippen molar-refractivity contribution in [1.82, 2.24) is 20.5 Å². The molecule has 7 nitrogen and oxygen atoms in total. The Labute approximate surface area is 179 Å². The predicted octanol–water partition coefficient (Wildman–Crippen LogP) is 2.72. The Morgan fingerprint density at radius 1 is 1.13 bits per heavy atom. The number of hydrogen-bond acceptors (Lipinski definition) is 4. The van der Waals surface area contributed by atoms with E-state index in [-0.39, 0.29) is 5.91 Å². The highest BCUT2D eigenvalue weighted by Gasteiger charge is 2.23. The number of anilines is 1. The van der Waals surface area contributed by atoms with Crippen molar-refractivity contribution < 1.29 is 4.79 Å². The number of carbonyl (C=O) groups excluding carboxylic acids is 1. The summed E-state index contributed by atoms with van der Waals surface area (Å²) in [7, 11) is 1.75. The number of pyridine rings is 1. The molecule has 1 fully saturated rings. The smallest absolute Gasteiger partial charge is 0.227 e. The zero-order valence-electron chi connectivity index (χ0n) is 17.9. The van der Waals surface area contributed by atoms with Crippen molar-refractivity contribution in [2.45, 2.75) is 32.2 Å². The molecule has 1 aliphatic heterocycles. The van der Waals surface area contributed by atoms with E-state index in [0.29, 0.717) is 30.8 Å². The first-order chi connectivity index (χ1) is 14.7. The molecule has 1 aromatic carbocycles. The summed E-state index contributed by atoms with van der Waals surface area (Å²) >= 11 is 0. The van der Waals surface area contributed by atoms with Crippen LogP contribution in [0.4, 0.5) is 5.82 Å². The maximum atomic E-state index is 12.1. The summed E-state index contributed by atoms with van der Waals surface area (Å²) in [6.07, 6.45) is 4.58. The average Bonchev–Trinajstić information content (AvgIpc) is 3.29. The average molecular weight is 409 g/mol. The lowest BCUT2D eigenvalue weighted by atomic mass is 10.1. The van der Waals surface area contributed by atoms with Crippen molar-refractivity contribution in [2.75, 3.05) is 38.5 Å². The fraction of sp³-hybridized carbons (Fsp3) is 0.435. The van der Waals surface area contributed by atoms with Crippen molar-refractivity contribution in [3.8, 4) is 0 Å². The molecule has 160 valence electrons. The summed E-state index contributed by atoms with van der Waals surface area (Å²) in [5.41, 5.74) is 2.37. The molecule has 30 heavy (non-hydrogen) atoms. The summed E-state index contributed by atoms with van der Waals surface area (Å²) in [6.45, 7) is 5.48. The molecule has 1 saturated heterocycles. The molecule has 0 bridgehead atoms. The minimum Gasteiger partial charge on any atom is -0.356 e. The Balaban J connectivity index is 1.46. The standard InChI is InChI=1S/C23H32N6O/c1-18-10-11-21(26-16-18)28-22(30)12-13-25-23(24-2)27-17-20(29-14-6-7-15-29)19-8-4-3-5-9-19/h3-5,8-11,16,20H,6-7,12-15,17H2,1-2H3,(H2,24,25,27)(H,26,28,30). The molecule has 1 amide bonds. The summed E-state index contributed by atoms with van der Waals surface area (Å²) in [5, 5.41) is 9.47. The van der Waals surface area contributed by atoms with Crippen LogP contribution >= 0.6 is 0 Å². The van der Waals surface area contributed by atoms with E-state index in [1.807, 2.05) is 19.1 Å². The molecule has 2 heterocycles. The van der Waals surface area contributed by atoms with E-state index in [0.717, 1.165) is 25.2 Å². The minimum atomic E-state index is -0.0754. The Hall–Kier alpha value is -2.93. The first-order valence-corrected chi connectivity index (χ1v) is 10.6. The molecule has 1 aromatic heterocycles. The normalized spacial score (nSPS) is 15.6. The van der Waals surface area contributed by atoms with Gasteiger partial charge >= 0.3 is 0 Å². The third kappa shape index (κ3) is 6.56. The van der Waals surface area contributed by atoms with Crippen LogP contribution in [0, 0.1) is 6.92 Å². The van der Waals surface area contributed by atoms with E-state index in [4.69, 9.17) is 0 Å². The molecule has 0 saturated carbocycles. The van der Waals surface area contributed by atoms with Gasteiger partial charge in [0.05, 0.1) is 6.04 Å². The fourth-order valence-corrected chi connectivity index (χ4v) is 3.64. The topological polar surface area (TPSA) is 81.6 Å². The monoisotopic (exact) mass is 408 g/mol. The van der Waals surface area contributed by atoms with Crippen LogP contribution in [0.3, 0.4) is 0 Å². The Kier molecular flexibility index (Phi) is 8.20. The second-order valence-electron chi connectivity index (χ2n) is 7.57. The lowest BCUT2D eigenvalue weighted by molar-refractivity contribution is -0.116. The van der Waals surface area contributed by atoms with Gasteiger partial charge < -0.3 is 16.0 Å². The molecule has 2 aromatic rings. The maximum Gasteiger partial charge on any atom is 0.227 e. The highest BCUT2D eigenvalue weighted by molar-refractivity contribution is 5.90. The Morgan fingerprint density at radius 3 is 2.57 bits per heavy atom. The Bertz CT molecular complexity index is 815. The SMILES string of the molecule is CN=C(NCCC(=O)Nc1ccc(C)cn1)NCC(c1ccccc1)N1CCCC1. The molecule has 1 unspecified atom stereocenters. The molecule has 0 radical (unpaired) electrons. The minimum absolute atomic E-state index is 0.0754. The van der Waals surface area contributed by atoms with Gasteiger partial charge in [0.1, 0.15) is 5.82 Å². The van der Waals surface area contributed by atoms with Crippen molar-refractivity contribution in [3.05, 3.63) is 59.8 Å². The van der Waals surface area contributed by atoms with Gasteiger partial charge in [0, 0.05) is 32.8 Å². The van der Waals surface area contributed by atoms with Crippen LogP contribution in [0.2, 0.25) is 0 Å². The second-order valence-corrected chi connectivity index (χ2v) is 7.57. The van der Waals surface area contributed by atoms with E-state index < -0.39 is 0 Å². The van der Waals surface area contributed by atoms with Gasteiger partial charge in [-0.2, -0.15) is 0 Å². The molecule has 7 heteroatoms. The van der Waals surface area contributed by atoms with Crippen LogP contribution in [0.15, 0.2) is 53.7 Å². The third-order valence-corrected chi connectivity index (χ3v) is 5.28. The lowest BCUT2D eigenvalue weighted by Crippen LogP contribution is -2.43. The molecular formula is C23H32N6O. The van der Waals surface area contributed by atoms with Crippen molar-refractivity contribution >= 4 is 17.7 Å². The molecule has 0 aliphatic carbocycles. The van der Waals surface area contributed by atoms with E-state index in [1.165, 1.54) is 18.4 Å². The highest BCUT2D eigenvalue weighted by Crippen LogP contribution is 2.24. The van der Waals surface area contributed by atoms with E-state index in [2.05, 4.69) is 61.2 Å². The van der Waals surface area contributed by atoms with Crippen LogP contribution in [-0.4, -0.2) is 55.0 Å². The third-order valence-electron chi connectivity index (χ3n) is 5.28. The summed E-state index contributed by atoms with van der Waals surface area (Å²) < 4.78 is 0. The number of rotatable bonds is 8. The van der Waals surface area contributed by atoms with Crippen LogP contribution in [0.5, 0.6) is 0 Å². The van der Waals surface area contributed by atoms with Crippen LogP contribution < -0.4 is 16.0 Å². The fourth-order valence-electron chi connectivity index (χ4n) is 3.64. The predicted molar refractivity (Wildman–Crippen MR) is 122 cm³/mol. The number of amides is 1. The number of aliphatic imine (C=N–C) groups is 1. The van der Waals surface area contributed by atoms with Gasteiger partial charge in [-0.1, -0.05) is 36.4 Å². The number of aromatic nitrogens is 1. The molecule has 3 rings (SSSR count). The zero-order chi connectivity index (χ0) is 21.2. The number of hydrogen-bond donors (Lipinski definition) is 3. The summed E-state index contributed by atoms with van der Waals surface area (Å²) in [5.74, 6) is 1.20. The summed E-state index contributed by atoms with van der Waals surface area (Å²) in [6, 6.07) is 14.6. The molecule has 0 spiro atoms. The lowest BCUT2D eigenvalue weighted by Gasteiger charge is -2.29. The number of benzene rings is 1. The zero-order valence-corrected chi connectivity index (χ0v) is 17.9. The van der Waals surface area contributed by atoms with Gasteiger partial charge in [-0.3, -0.25) is 14.7 Å². The van der Waals surface area contributed by atoms with Crippen molar-refractivity contribution in [3.63, 3.8) is 0 Å². The van der Waals surface area contributed by atoms with Crippen molar-refractivity contribution in [1.29, 1.82) is 0 Å². The van der Waals surface area contributed by atoms with Crippen molar-refractivity contribution in [2.24, 2.45) is 4.99 Å². The Morgan fingerprint density at radius 2 is 1.90 bits per heavy atom. The number of likely N-dealkylation sites (tertiary alicyclic amines) is 1. The first-order valence-electron chi connectivity index (χ1n) is 10.6. The van der Waals surface area contributed by atoms with Crippen LogP contribution in [0.1, 0.15) is 36.4 Å². The van der Waals surface area contributed by atoms with Gasteiger partial charge in [-0.05, 0) is 50.0 Å². The quantitative estimate of drug-likeness (QED) is 0.462. The number of nitrogens with one attached hydrogen (secondary N) is 3. The van der Waals surface area contributed by atoms with E-state index in [9.17, 15) is 4.79 Å². The van der Waals surface area contributed by atoms with Gasteiger partial charge in [0.25, 0.3) is 0 Å². The van der Waals surface area contributed by atoms with Crippen LogP contribution in [0.25, 0.3) is 0 Å². The number of nitrogens with zero attached hydrogens (tertiary/aromatic N) is 3. The molecule has 1 atom stereocenters. The van der Waals surface area contributed by atoms with Gasteiger partial charge in [0.2, 0.25) is 5.91 Å². The first kappa shape index (κ1) is 21.8. The molecular weight excluding hydrogens is 376 g/mol. The maximum absolute atomic E-state index is 12.1. The highest BCUT2D eigenvalue weighted by atomic mass is 16.1. The van der Waals surface area contributed by atoms with Gasteiger partial charge in [-0.15, -0.1) is 0 Å². The number of guanidine groups is 1. The van der Waals surface area contributed by atoms with Crippen LogP contribution in [-0.2, 0) is 4.79 Å². The van der Waals surface area contributed by atoms with Gasteiger partial charge in [-0.25, -0.2) is 4.98 Å². The number of aryl methyl sites for hydroxylation is 1. The second kappa shape index (κ2) is 11.3. The molecule has 1 aliphatic rings. The van der Waals surface area contributed by atoms with E-state index in [1.54, 1.807) is 13.2 Å². The molecule has 3 N–H and O–H groups in total. The van der Waals surface area contributed by atoms with E-state index >= 15 is 0 Å². The largest absolute Gasteiger partial charge is 0.356 e. The summed E-state index contributed by atoms with van der Waals surface area (Å²) in [4.78, 5) is 23.2. The number of carbonyl (C=O) groups is 1.